The van der Waals surface area contributed by atoms with Crippen LogP contribution in [-0.2, 0) is 64.0 Å². The number of primary amides is 3. The second-order valence-electron chi connectivity index (χ2n) is 18.6. The Morgan fingerprint density at radius 1 is 0.581 bits per heavy atom. The third-order valence-electron chi connectivity index (χ3n) is 12.5. The number of fused-ring (bicyclic) bond motifs is 1. The summed E-state index contributed by atoms with van der Waals surface area (Å²) in [6.45, 7) is 1.00. The van der Waals surface area contributed by atoms with Gasteiger partial charge in [0.05, 0.1) is 25.9 Å². The number of nitrogens with one attached hydrogen (secondary N) is 7. The summed E-state index contributed by atoms with van der Waals surface area (Å²) < 4.78 is 0. The third kappa shape index (κ3) is 21.4. The van der Waals surface area contributed by atoms with E-state index < -0.39 is 164 Å². The predicted octanol–water partition coefficient (Wildman–Crippen LogP) is -2.87. The molecule has 1 aromatic carbocycles. The van der Waals surface area contributed by atoms with Crippen LogP contribution in [0, 0.1) is 0 Å². The van der Waals surface area contributed by atoms with Gasteiger partial charge in [0.25, 0.3) is 0 Å². The Balaban J connectivity index is 2.13. The number of aliphatic carboxylic acids is 1. The molecule has 1 aromatic rings. The van der Waals surface area contributed by atoms with Crippen LogP contribution in [0.4, 0.5) is 0 Å². The van der Waals surface area contributed by atoms with Crippen molar-refractivity contribution in [2.24, 2.45) is 17.2 Å². The van der Waals surface area contributed by atoms with Crippen molar-refractivity contribution < 1.29 is 72.9 Å². The fraction of sp³-hybridized carbons (Fsp3) is 0.625. The number of carbonyl (C=O) groups excluding carboxylic acids is 11. The van der Waals surface area contributed by atoms with Crippen LogP contribution < -0.4 is 54.4 Å². The maximum Gasteiger partial charge on any atom is 0.305 e. The molecule has 2 aliphatic rings. The van der Waals surface area contributed by atoms with Gasteiger partial charge in [0.15, 0.2) is 0 Å². The van der Waals surface area contributed by atoms with Crippen LogP contribution in [-0.4, -0.2) is 153 Å². The summed E-state index contributed by atoms with van der Waals surface area (Å²) in [6, 6.07) is -7.68. The molecule has 0 spiro atoms. The first-order chi connectivity index (χ1) is 35.1. The molecule has 26 nitrogen and oxygen atoms in total. The average molecular weight is 1040 g/mol. The number of aliphatic hydroxyl groups is 1. The monoisotopic (exact) mass is 1040 g/mol. The maximum atomic E-state index is 14.3. The SMILES string of the molecule is CCCCCCCCCCCC1CC(=O)NC(CC(=O)O)C(=O)NC(Cc2ccc(O)cc2)C(=O)NC(CC(N)=O)C(=O)NC(CCC(N)=O)C(=O)N2CCCC2C(=O)NC(CC(N)=O)C(=O)NC(CO)C(=O)N1. The molecule has 2 aliphatic heterocycles. The van der Waals surface area contributed by atoms with Gasteiger partial charge < -0.3 is 74.6 Å². The van der Waals surface area contributed by atoms with Gasteiger partial charge in [-0.25, -0.2) is 0 Å². The first kappa shape index (κ1) is 60.9. The number of phenols is 1. The predicted molar refractivity (Wildman–Crippen MR) is 262 cm³/mol. The molecule has 26 heteroatoms. The van der Waals surface area contributed by atoms with Gasteiger partial charge in [0.1, 0.15) is 48.0 Å². The average Bonchev–Trinajstić information content (AvgIpc) is 3.83. The lowest BCUT2D eigenvalue weighted by atomic mass is 10.0. The molecule has 2 saturated heterocycles. The van der Waals surface area contributed by atoms with Crippen molar-refractivity contribution in [1.82, 2.24) is 42.1 Å². The highest BCUT2D eigenvalue weighted by Crippen LogP contribution is 2.21. The number of hydrogen-bond donors (Lipinski definition) is 13. The topological polar surface area (TPSA) is 431 Å². The number of benzene rings is 1. The van der Waals surface area contributed by atoms with Crippen molar-refractivity contribution in [3.8, 4) is 5.75 Å². The molecule has 0 radical (unpaired) electrons. The maximum absolute atomic E-state index is 14.3. The lowest BCUT2D eigenvalue weighted by Gasteiger charge is -2.31. The number of nitrogens with two attached hydrogens (primary N) is 3. The van der Waals surface area contributed by atoms with Crippen LogP contribution in [0.2, 0.25) is 0 Å². The smallest absolute Gasteiger partial charge is 0.305 e. The number of rotatable bonds is 22. The van der Waals surface area contributed by atoms with Gasteiger partial charge in [0, 0.05) is 31.8 Å². The van der Waals surface area contributed by atoms with Crippen molar-refractivity contribution >= 4 is 70.9 Å². The van der Waals surface area contributed by atoms with Crippen LogP contribution in [0.1, 0.15) is 128 Å². The van der Waals surface area contributed by atoms with E-state index >= 15 is 0 Å². The number of amides is 11. The Morgan fingerprint density at radius 2 is 1.07 bits per heavy atom. The van der Waals surface area contributed by atoms with Crippen molar-refractivity contribution in [3.05, 3.63) is 29.8 Å². The molecule has 0 aromatic heterocycles. The van der Waals surface area contributed by atoms with Crippen LogP contribution >= 0.6 is 0 Å². The standard InChI is InChI=1S/C48H73N11O15/c1-2-3-4-5-6-7-8-9-10-12-28-22-40(65)53-34(25-41(66)67)45(71)55-31(21-27-14-16-29(61)17-15-27)42(68)56-32(23-38(50)63)43(69)54-30(18-19-37(49)62)48(74)59-20-11-13-36(59)47(73)57-33(24-39(51)64)44(70)58-35(26-60)46(72)52-28/h14-17,28,30-36,60-61H,2-13,18-26H2,1H3,(H2,49,62)(H2,50,63)(H2,51,64)(H,52,72)(H,53,65)(H,54,69)(H,55,71)(H,56,68)(H,57,73)(H,58,70)(H,66,67). The normalized spacial score (nSPS) is 24.1. The summed E-state index contributed by atoms with van der Waals surface area (Å²) in [5, 5.41) is 46.8. The minimum absolute atomic E-state index is 0.00359. The van der Waals surface area contributed by atoms with E-state index in [1.807, 2.05) is 0 Å². The number of hydrogen-bond acceptors (Lipinski definition) is 14. The molecule has 0 saturated carbocycles. The van der Waals surface area contributed by atoms with E-state index in [4.69, 9.17) is 17.2 Å². The Hall–Kier alpha value is -7.38. The highest BCUT2D eigenvalue weighted by Gasteiger charge is 2.41. The van der Waals surface area contributed by atoms with Crippen molar-refractivity contribution in [3.63, 3.8) is 0 Å². The Kier molecular flexibility index (Phi) is 25.7. The highest BCUT2D eigenvalue weighted by molar-refractivity contribution is 6.00. The quantitative estimate of drug-likeness (QED) is 0.0519. The molecule has 2 heterocycles. The Labute approximate surface area is 428 Å². The van der Waals surface area contributed by atoms with Gasteiger partial charge in [-0.1, -0.05) is 76.8 Å². The summed E-state index contributed by atoms with van der Waals surface area (Å²) in [7, 11) is 0. The fourth-order valence-electron chi connectivity index (χ4n) is 8.59. The molecular weight excluding hydrogens is 971 g/mol. The van der Waals surface area contributed by atoms with E-state index in [0.29, 0.717) is 18.4 Å². The fourth-order valence-corrected chi connectivity index (χ4v) is 8.59. The molecule has 3 rings (SSSR count). The Morgan fingerprint density at radius 3 is 1.61 bits per heavy atom. The number of aromatic hydroxyl groups is 1. The summed E-state index contributed by atoms with van der Waals surface area (Å²) in [5.74, 6) is -13.4. The van der Waals surface area contributed by atoms with Gasteiger partial charge in [-0.3, -0.25) is 57.5 Å². The van der Waals surface area contributed by atoms with E-state index in [9.17, 15) is 72.9 Å². The van der Waals surface area contributed by atoms with Crippen molar-refractivity contribution in [2.75, 3.05) is 13.2 Å². The summed E-state index contributed by atoms with van der Waals surface area (Å²) >= 11 is 0. The van der Waals surface area contributed by atoms with Crippen LogP contribution in [0.5, 0.6) is 5.75 Å². The summed E-state index contributed by atoms with van der Waals surface area (Å²) in [5.41, 5.74) is 16.6. The number of phenolic OH excluding ortho intramolecular Hbond substituents is 1. The van der Waals surface area contributed by atoms with Crippen LogP contribution in [0.3, 0.4) is 0 Å². The van der Waals surface area contributed by atoms with Gasteiger partial charge in [-0.05, 0) is 43.4 Å². The number of aliphatic hydroxyl groups excluding tert-OH is 1. The minimum atomic E-state index is -1.88. The molecular formula is C48H73N11O15. The highest BCUT2D eigenvalue weighted by atomic mass is 16.4. The number of carbonyl (C=O) groups is 12. The van der Waals surface area contributed by atoms with E-state index in [2.05, 4.69) is 44.1 Å². The van der Waals surface area contributed by atoms with Crippen molar-refractivity contribution in [1.29, 1.82) is 0 Å². The lowest BCUT2D eigenvalue weighted by Crippen LogP contribution is -2.60. The zero-order valence-corrected chi connectivity index (χ0v) is 41.7. The molecule has 0 aliphatic carbocycles. The van der Waals surface area contributed by atoms with Gasteiger partial charge in [-0.15, -0.1) is 0 Å². The first-order valence-electron chi connectivity index (χ1n) is 25.0. The molecule has 16 N–H and O–H groups in total. The van der Waals surface area contributed by atoms with E-state index in [-0.39, 0.29) is 38.0 Å². The van der Waals surface area contributed by atoms with Crippen molar-refractivity contribution in [2.45, 2.75) is 177 Å². The van der Waals surface area contributed by atoms with Gasteiger partial charge >= 0.3 is 5.97 Å². The summed E-state index contributed by atoms with van der Waals surface area (Å²) in [6.07, 6.45) is 4.09. The molecule has 2 fully saturated rings. The van der Waals surface area contributed by atoms with Crippen LogP contribution in [0.15, 0.2) is 24.3 Å². The first-order valence-corrected chi connectivity index (χ1v) is 25.0. The number of carboxylic acid groups (broad SMARTS) is 1. The van der Waals surface area contributed by atoms with Gasteiger partial charge in [0.2, 0.25) is 65.0 Å². The third-order valence-corrected chi connectivity index (χ3v) is 12.5. The molecule has 11 amide bonds. The number of unbranched alkanes of at least 4 members (excludes halogenated alkanes) is 8. The second kappa shape index (κ2) is 31.3. The van der Waals surface area contributed by atoms with E-state index in [1.165, 1.54) is 24.3 Å². The lowest BCUT2D eigenvalue weighted by molar-refractivity contribution is -0.143. The second-order valence-corrected chi connectivity index (χ2v) is 18.6. The number of carboxylic acids is 1. The van der Waals surface area contributed by atoms with Crippen LogP contribution in [0.25, 0.3) is 0 Å². The summed E-state index contributed by atoms with van der Waals surface area (Å²) in [4.78, 5) is 162. The minimum Gasteiger partial charge on any atom is -0.508 e. The molecule has 74 heavy (non-hydrogen) atoms. The van der Waals surface area contributed by atoms with E-state index in [1.54, 1.807) is 0 Å². The molecule has 410 valence electrons. The molecule has 8 unspecified atom stereocenters. The number of nitrogens with zero attached hydrogens (tertiary/aromatic N) is 1. The zero-order chi connectivity index (χ0) is 54.9. The molecule has 8 atom stereocenters. The van der Waals surface area contributed by atoms with E-state index in [0.717, 1.165) is 49.8 Å². The largest absolute Gasteiger partial charge is 0.508 e. The Bertz CT molecular complexity index is 2160. The molecule has 0 bridgehead atoms. The van der Waals surface area contributed by atoms with Gasteiger partial charge in [-0.2, -0.15) is 0 Å². The zero-order valence-electron chi connectivity index (χ0n) is 41.7.